The summed E-state index contributed by atoms with van der Waals surface area (Å²) >= 11 is 1.50. The van der Waals surface area contributed by atoms with Gasteiger partial charge in [0.15, 0.2) is 0 Å². The summed E-state index contributed by atoms with van der Waals surface area (Å²) in [6.07, 6.45) is 5.95. The minimum atomic E-state index is 0.440. The Morgan fingerprint density at radius 1 is 1.45 bits per heavy atom. The van der Waals surface area contributed by atoms with Crippen LogP contribution in [0.4, 0.5) is 5.13 Å². The van der Waals surface area contributed by atoms with Crippen molar-refractivity contribution in [2.75, 3.05) is 32.1 Å². The van der Waals surface area contributed by atoms with Crippen LogP contribution in [0.5, 0.6) is 0 Å². The van der Waals surface area contributed by atoms with Crippen molar-refractivity contribution in [1.29, 1.82) is 0 Å². The number of hydrogen-bond acceptors (Lipinski definition) is 6. The summed E-state index contributed by atoms with van der Waals surface area (Å²) in [5.74, 6) is 1.53. The van der Waals surface area contributed by atoms with Gasteiger partial charge in [-0.05, 0) is 37.6 Å². The molecule has 0 radical (unpaired) electrons. The number of likely N-dealkylation sites (tertiary alicyclic amines) is 1. The van der Waals surface area contributed by atoms with Gasteiger partial charge in [-0.1, -0.05) is 13.0 Å². The van der Waals surface area contributed by atoms with Gasteiger partial charge < -0.3 is 4.90 Å². The van der Waals surface area contributed by atoms with Crippen molar-refractivity contribution in [2.45, 2.75) is 25.8 Å². The van der Waals surface area contributed by atoms with Gasteiger partial charge >= 0.3 is 0 Å². The zero-order valence-electron chi connectivity index (χ0n) is 13.4. The number of aromatic nitrogens is 3. The first-order chi connectivity index (χ1) is 10.7. The quantitative estimate of drug-likeness (QED) is 0.848. The van der Waals surface area contributed by atoms with Gasteiger partial charge in [0.25, 0.3) is 0 Å². The van der Waals surface area contributed by atoms with Crippen LogP contribution in [0.3, 0.4) is 0 Å². The van der Waals surface area contributed by atoms with E-state index in [1.807, 2.05) is 18.5 Å². The standard InChI is InChI=1S/C16H23N5S/c1-4-14-18-16(22-19-14)21(3)11-13-7-9-20(2)15(13)12-6-5-8-17-10-12/h5-6,8,10,13,15H,4,7,9,11H2,1-3H3/t13-,15-/m0/s1. The second-order valence-electron chi connectivity index (χ2n) is 5.99. The Labute approximate surface area is 136 Å². The lowest BCUT2D eigenvalue weighted by Gasteiger charge is -2.28. The molecule has 0 spiro atoms. The summed E-state index contributed by atoms with van der Waals surface area (Å²) in [5, 5.41) is 1.02. The third-order valence-electron chi connectivity index (χ3n) is 4.41. The topological polar surface area (TPSA) is 45.2 Å². The fourth-order valence-electron chi connectivity index (χ4n) is 3.27. The molecule has 1 aliphatic rings. The van der Waals surface area contributed by atoms with Gasteiger partial charge in [0.2, 0.25) is 5.13 Å². The minimum absolute atomic E-state index is 0.440. The van der Waals surface area contributed by atoms with E-state index < -0.39 is 0 Å². The van der Waals surface area contributed by atoms with E-state index in [1.54, 1.807) is 0 Å². The fraction of sp³-hybridized carbons (Fsp3) is 0.562. The molecule has 22 heavy (non-hydrogen) atoms. The van der Waals surface area contributed by atoms with E-state index in [2.05, 4.69) is 51.2 Å². The van der Waals surface area contributed by atoms with E-state index in [9.17, 15) is 0 Å². The first-order valence-electron chi connectivity index (χ1n) is 7.83. The van der Waals surface area contributed by atoms with Crippen LogP contribution < -0.4 is 4.90 Å². The molecule has 1 aliphatic heterocycles. The molecular formula is C16H23N5S. The second-order valence-corrected chi connectivity index (χ2v) is 6.72. The molecule has 0 amide bonds. The van der Waals surface area contributed by atoms with E-state index >= 15 is 0 Å². The number of nitrogens with zero attached hydrogens (tertiary/aromatic N) is 5. The van der Waals surface area contributed by atoms with Gasteiger partial charge in [-0.15, -0.1) is 0 Å². The lowest BCUT2D eigenvalue weighted by Crippen LogP contribution is -2.30. The predicted molar refractivity (Wildman–Crippen MR) is 90.3 cm³/mol. The smallest absolute Gasteiger partial charge is 0.204 e. The average molecular weight is 317 g/mol. The predicted octanol–water partition coefficient (Wildman–Crippen LogP) is 2.62. The summed E-state index contributed by atoms with van der Waals surface area (Å²) in [6.45, 7) is 4.23. The Morgan fingerprint density at radius 3 is 3.00 bits per heavy atom. The van der Waals surface area contributed by atoms with E-state index in [-0.39, 0.29) is 0 Å². The largest absolute Gasteiger partial charge is 0.350 e. The Hall–Kier alpha value is -1.53. The van der Waals surface area contributed by atoms with Crippen molar-refractivity contribution in [2.24, 2.45) is 5.92 Å². The van der Waals surface area contributed by atoms with Crippen LogP contribution in [0.15, 0.2) is 24.5 Å². The monoisotopic (exact) mass is 317 g/mol. The molecule has 6 heteroatoms. The van der Waals surface area contributed by atoms with E-state index in [1.165, 1.54) is 23.5 Å². The van der Waals surface area contributed by atoms with Crippen molar-refractivity contribution in [3.8, 4) is 0 Å². The molecule has 2 aromatic heterocycles. The molecule has 0 bridgehead atoms. The SMILES string of the molecule is CCc1nsc(N(C)C[C@@H]2CCN(C)[C@H]2c2cccnc2)n1. The molecule has 2 aromatic rings. The maximum absolute atomic E-state index is 4.59. The maximum Gasteiger partial charge on any atom is 0.204 e. The van der Waals surface area contributed by atoms with Gasteiger partial charge in [-0.25, -0.2) is 4.98 Å². The third kappa shape index (κ3) is 3.13. The Bertz CT molecular complexity index is 600. The summed E-state index contributed by atoms with van der Waals surface area (Å²) in [6, 6.07) is 4.65. The highest BCUT2D eigenvalue weighted by Crippen LogP contribution is 2.36. The molecule has 2 atom stereocenters. The highest BCUT2D eigenvalue weighted by atomic mass is 32.1. The molecule has 0 unspecified atom stereocenters. The van der Waals surface area contributed by atoms with Crippen LogP contribution in [0, 0.1) is 5.92 Å². The van der Waals surface area contributed by atoms with Crippen LogP contribution in [0.1, 0.15) is 30.8 Å². The van der Waals surface area contributed by atoms with E-state index in [0.29, 0.717) is 12.0 Å². The van der Waals surface area contributed by atoms with Gasteiger partial charge in [-0.3, -0.25) is 9.88 Å². The highest BCUT2D eigenvalue weighted by molar-refractivity contribution is 7.09. The van der Waals surface area contributed by atoms with Crippen molar-refractivity contribution < 1.29 is 0 Å². The average Bonchev–Trinajstić information content (AvgIpc) is 3.15. The molecule has 0 aromatic carbocycles. The van der Waals surface area contributed by atoms with Crippen LogP contribution in [0.25, 0.3) is 0 Å². The van der Waals surface area contributed by atoms with Gasteiger partial charge in [0, 0.05) is 50.0 Å². The lowest BCUT2D eigenvalue weighted by atomic mass is 9.94. The summed E-state index contributed by atoms with van der Waals surface area (Å²) in [5.41, 5.74) is 1.31. The summed E-state index contributed by atoms with van der Waals surface area (Å²) in [7, 11) is 4.33. The normalized spacial score (nSPS) is 22.1. The fourth-order valence-corrected chi connectivity index (χ4v) is 3.99. The molecule has 3 rings (SSSR count). The van der Waals surface area contributed by atoms with Gasteiger partial charge in [-0.2, -0.15) is 4.37 Å². The molecule has 1 fully saturated rings. The molecule has 118 valence electrons. The van der Waals surface area contributed by atoms with Crippen molar-refractivity contribution in [3.05, 3.63) is 35.9 Å². The Morgan fingerprint density at radius 2 is 2.32 bits per heavy atom. The van der Waals surface area contributed by atoms with Crippen molar-refractivity contribution in [1.82, 2.24) is 19.2 Å². The van der Waals surface area contributed by atoms with Crippen LogP contribution in [0.2, 0.25) is 0 Å². The maximum atomic E-state index is 4.59. The zero-order valence-corrected chi connectivity index (χ0v) is 14.3. The first-order valence-corrected chi connectivity index (χ1v) is 8.60. The number of pyridine rings is 1. The number of hydrogen-bond donors (Lipinski definition) is 0. The second kappa shape index (κ2) is 6.71. The lowest BCUT2D eigenvalue weighted by molar-refractivity contribution is 0.278. The first kappa shape index (κ1) is 15.4. The summed E-state index contributed by atoms with van der Waals surface area (Å²) in [4.78, 5) is 13.6. The molecule has 0 N–H and O–H groups in total. The molecule has 3 heterocycles. The highest BCUT2D eigenvalue weighted by Gasteiger charge is 2.34. The molecule has 5 nitrogen and oxygen atoms in total. The van der Waals surface area contributed by atoms with Crippen LogP contribution >= 0.6 is 11.5 Å². The number of aryl methyl sites for hydroxylation is 1. The number of rotatable bonds is 5. The zero-order chi connectivity index (χ0) is 15.5. The van der Waals surface area contributed by atoms with E-state index in [0.717, 1.165) is 30.5 Å². The van der Waals surface area contributed by atoms with Crippen molar-refractivity contribution in [3.63, 3.8) is 0 Å². The Balaban J connectivity index is 1.73. The molecule has 0 aliphatic carbocycles. The number of anilines is 1. The van der Waals surface area contributed by atoms with E-state index in [4.69, 9.17) is 0 Å². The molecular weight excluding hydrogens is 294 g/mol. The minimum Gasteiger partial charge on any atom is -0.350 e. The summed E-state index contributed by atoms with van der Waals surface area (Å²) < 4.78 is 4.39. The van der Waals surface area contributed by atoms with Crippen molar-refractivity contribution >= 4 is 16.7 Å². The van der Waals surface area contributed by atoms with Gasteiger partial charge in [0.05, 0.1) is 0 Å². The van der Waals surface area contributed by atoms with Crippen LogP contribution in [-0.4, -0.2) is 46.4 Å². The van der Waals surface area contributed by atoms with Gasteiger partial charge in [0.1, 0.15) is 5.82 Å². The van der Waals surface area contributed by atoms with Crippen LogP contribution in [-0.2, 0) is 6.42 Å². The molecule has 0 saturated carbocycles. The Kier molecular flexibility index (Phi) is 4.69. The molecule has 1 saturated heterocycles. The third-order valence-corrected chi connectivity index (χ3v) is 5.28.